The summed E-state index contributed by atoms with van der Waals surface area (Å²) in [5.41, 5.74) is 1.05. The summed E-state index contributed by atoms with van der Waals surface area (Å²) in [5.74, 6) is -1.17. The lowest BCUT2D eigenvalue weighted by atomic mass is 10.1. The van der Waals surface area contributed by atoms with Gasteiger partial charge in [0, 0.05) is 13.0 Å². The third kappa shape index (κ3) is 3.79. The van der Waals surface area contributed by atoms with Crippen LogP contribution in [-0.2, 0) is 10.0 Å². The number of hydrogen-bond acceptors (Lipinski definition) is 4. The molecular formula is C13H16N2O4S. The van der Waals surface area contributed by atoms with Gasteiger partial charge in [-0.2, -0.15) is 5.26 Å². The summed E-state index contributed by atoms with van der Waals surface area (Å²) in [5, 5.41) is 17.4. The first-order chi connectivity index (χ1) is 9.29. The molecule has 0 unspecified atom stereocenters. The minimum Gasteiger partial charge on any atom is -0.478 e. The minimum atomic E-state index is -3.77. The number of carbonyl (C=O) groups is 1. The van der Waals surface area contributed by atoms with E-state index in [2.05, 4.69) is 4.72 Å². The first-order valence-corrected chi connectivity index (χ1v) is 7.49. The molecule has 0 saturated heterocycles. The number of nitrogens with one attached hydrogen (secondary N) is 1. The molecule has 0 heterocycles. The van der Waals surface area contributed by atoms with Gasteiger partial charge < -0.3 is 5.11 Å². The largest absolute Gasteiger partial charge is 0.478 e. The predicted molar refractivity (Wildman–Crippen MR) is 72.9 cm³/mol. The molecule has 0 spiro atoms. The molecule has 0 atom stereocenters. The van der Waals surface area contributed by atoms with E-state index in [4.69, 9.17) is 10.4 Å². The van der Waals surface area contributed by atoms with Crippen LogP contribution in [0, 0.1) is 25.2 Å². The van der Waals surface area contributed by atoms with Crippen molar-refractivity contribution < 1.29 is 18.3 Å². The van der Waals surface area contributed by atoms with Gasteiger partial charge in [-0.05, 0) is 43.5 Å². The molecule has 1 aromatic carbocycles. The van der Waals surface area contributed by atoms with Gasteiger partial charge in [0.25, 0.3) is 0 Å². The Balaban J connectivity index is 3.11. The number of sulfonamides is 1. The average molecular weight is 296 g/mol. The van der Waals surface area contributed by atoms with Crippen molar-refractivity contribution in [3.63, 3.8) is 0 Å². The Kier molecular flexibility index (Phi) is 5.25. The van der Waals surface area contributed by atoms with Gasteiger partial charge in [-0.1, -0.05) is 0 Å². The van der Waals surface area contributed by atoms with Crippen molar-refractivity contribution in [2.24, 2.45) is 0 Å². The zero-order valence-electron chi connectivity index (χ0n) is 11.3. The molecule has 20 heavy (non-hydrogen) atoms. The number of nitrogens with zero attached hydrogens (tertiary/aromatic N) is 1. The molecule has 0 saturated carbocycles. The van der Waals surface area contributed by atoms with Gasteiger partial charge in [0.05, 0.1) is 16.5 Å². The van der Waals surface area contributed by atoms with Crippen molar-refractivity contribution in [2.45, 2.75) is 31.6 Å². The maximum absolute atomic E-state index is 12.2. The highest BCUT2D eigenvalue weighted by atomic mass is 32.2. The van der Waals surface area contributed by atoms with E-state index in [1.54, 1.807) is 13.8 Å². The number of unbranched alkanes of at least 4 members (excludes halogenated alkanes) is 1. The van der Waals surface area contributed by atoms with Crippen molar-refractivity contribution >= 4 is 16.0 Å². The van der Waals surface area contributed by atoms with Gasteiger partial charge in [-0.25, -0.2) is 17.9 Å². The number of aryl methyl sites for hydroxylation is 1. The molecule has 108 valence electrons. The van der Waals surface area contributed by atoms with Gasteiger partial charge in [-0.3, -0.25) is 0 Å². The van der Waals surface area contributed by atoms with Crippen molar-refractivity contribution in [2.75, 3.05) is 6.54 Å². The van der Waals surface area contributed by atoms with Crippen LogP contribution in [0.2, 0.25) is 0 Å². The second-order valence-electron chi connectivity index (χ2n) is 4.38. The van der Waals surface area contributed by atoms with Crippen LogP contribution in [0.15, 0.2) is 17.0 Å². The molecule has 6 nitrogen and oxygen atoms in total. The van der Waals surface area contributed by atoms with Gasteiger partial charge in [0.2, 0.25) is 10.0 Å². The zero-order chi connectivity index (χ0) is 15.3. The number of hydrogen-bond donors (Lipinski definition) is 2. The molecule has 1 aromatic rings. The first kappa shape index (κ1) is 16.1. The van der Waals surface area contributed by atoms with Crippen molar-refractivity contribution in [1.82, 2.24) is 4.72 Å². The molecule has 2 N–H and O–H groups in total. The summed E-state index contributed by atoms with van der Waals surface area (Å²) in [6.45, 7) is 3.44. The highest BCUT2D eigenvalue weighted by Gasteiger charge is 2.20. The van der Waals surface area contributed by atoms with Gasteiger partial charge in [-0.15, -0.1) is 0 Å². The first-order valence-electron chi connectivity index (χ1n) is 6.00. The number of aromatic carboxylic acids is 1. The maximum Gasteiger partial charge on any atom is 0.335 e. The molecule has 7 heteroatoms. The SMILES string of the molecule is Cc1cc(C(=O)O)cc(S(=O)(=O)NCCCC#N)c1C. The fraction of sp³-hybridized carbons (Fsp3) is 0.385. The van der Waals surface area contributed by atoms with E-state index in [9.17, 15) is 13.2 Å². The van der Waals surface area contributed by atoms with E-state index < -0.39 is 16.0 Å². The average Bonchev–Trinajstić information content (AvgIpc) is 2.37. The lowest BCUT2D eigenvalue weighted by Crippen LogP contribution is -2.26. The summed E-state index contributed by atoms with van der Waals surface area (Å²) in [4.78, 5) is 11.0. The zero-order valence-corrected chi connectivity index (χ0v) is 12.1. The third-order valence-electron chi connectivity index (χ3n) is 2.91. The minimum absolute atomic E-state index is 0.0353. The van der Waals surface area contributed by atoms with Crippen LogP contribution in [0.5, 0.6) is 0 Å². The van der Waals surface area contributed by atoms with Crippen LogP contribution in [-0.4, -0.2) is 26.0 Å². The molecule has 1 rings (SSSR count). The van der Waals surface area contributed by atoms with Crippen LogP contribution in [0.4, 0.5) is 0 Å². The molecule has 0 fully saturated rings. The molecule has 0 aliphatic heterocycles. The van der Waals surface area contributed by atoms with Crippen LogP contribution in [0.25, 0.3) is 0 Å². The van der Waals surface area contributed by atoms with Gasteiger partial charge in [0.15, 0.2) is 0 Å². The normalized spacial score (nSPS) is 11.1. The second kappa shape index (κ2) is 6.50. The smallest absolute Gasteiger partial charge is 0.335 e. The molecule has 0 amide bonds. The van der Waals surface area contributed by atoms with E-state index >= 15 is 0 Å². The van der Waals surface area contributed by atoms with E-state index in [0.29, 0.717) is 17.5 Å². The van der Waals surface area contributed by atoms with E-state index in [-0.39, 0.29) is 23.4 Å². The van der Waals surface area contributed by atoms with E-state index in [1.807, 2.05) is 6.07 Å². The highest BCUT2D eigenvalue weighted by molar-refractivity contribution is 7.89. The lowest BCUT2D eigenvalue weighted by Gasteiger charge is -2.12. The Morgan fingerprint density at radius 3 is 2.60 bits per heavy atom. The fourth-order valence-corrected chi connectivity index (χ4v) is 3.10. The monoisotopic (exact) mass is 296 g/mol. The Morgan fingerprint density at radius 2 is 2.05 bits per heavy atom. The van der Waals surface area contributed by atoms with E-state index in [0.717, 1.165) is 6.07 Å². The highest BCUT2D eigenvalue weighted by Crippen LogP contribution is 2.21. The van der Waals surface area contributed by atoms with Crippen LogP contribution in [0.1, 0.15) is 34.3 Å². The summed E-state index contributed by atoms with van der Waals surface area (Å²) in [6, 6.07) is 4.51. The van der Waals surface area contributed by atoms with Crippen LogP contribution >= 0.6 is 0 Å². The van der Waals surface area contributed by atoms with Gasteiger partial charge in [0.1, 0.15) is 0 Å². The van der Waals surface area contributed by atoms with Gasteiger partial charge >= 0.3 is 5.97 Å². The number of benzene rings is 1. The molecular weight excluding hydrogens is 280 g/mol. The van der Waals surface area contributed by atoms with Crippen molar-refractivity contribution in [3.05, 3.63) is 28.8 Å². The topological polar surface area (TPSA) is 107 Å². The number of carboxylic acids is 1. The van der Waals surface area contributed by atoms with E-state index in [1.165, 1.54) is 6.07 Å². The molecule has 0 bridgehead atoms. The quantitative estimate of drug-likeness (QED) is 0.775. The Hall–Kier alpha value is -1.91. The van der Waals surface area contributed by atoms with Crippen LogP contribution in [0.3, 0.4) is 0 Å². The van der Waals surface area contributed by atoms with Crippen LogP contribution < -0.4 is 4.72 Å². The number of rotatable bonds is 6. The Bertz CT molecular complexity index is 660. The standard InChI is InChI=1S/C13H16N2O4S/c1-9-7-11(13(16)17)8-12(10(9)2)20(18,19)15-6-4-3-5-14/h7-8,15H,3-4,6H2,1-2H3,(H,16,17). The number of carboxylic acid groups (broad SMARTS) is 1. The summed E-state index contributed by atoms with van der Waals surface area (Å²) in [7, 11) is -3.77. The maximum atomic E-state index is 12.2. The summed E-state index contributed by atoms with van der Waals surface area (Å²) in [6.07, 6.45) is 0.669. The number of nitriles is 1. The predicted octanol–water partition coefficient (Wildman–Crippen LogP) is 1.58. The molecule has 0 aliphatic rings. The second-order valence-corrected chi connectivity index (χ2v) is 6.12. The Labute approximate surface area is 118 Å². The lowest BCUT2D eigenvalue weighted by molar-refractivity contribution is 0.0696. The third-order valence-corrected chi connectivity index (χ3v) is 4.50. The molecule has 0 radical (unpaired) electrons. The van der Waals surface area contributed by atoms with Crippen molar-refractivity contribution in [3.8, 4) is 6.07 Å². The molecule has 0 aromatic heterocycles. The molecule has 0 aliphatic carbocycles. The van der Waals surface area contributed by atoms with Crippen molar-refractivity contribution in [1.29, 1.82) is 5.26 Å². The summed E-state index contributed by atoms with van der Waals surface area (Å²) < 4.78 is 26.7. The fourth-order valence-electron chi connectivity index (χ4n) is 1.68. The Morgan fingerprint density at radius 1 is 1.40 bits per heavy atom. The summed E-state index contributed by atoms with van der Waals surface area (Å²) >= 11 is 0.